The van der Waals surface area contributed by atoms with Crippen molar-refractivity contribution >= 4 is 45.1 Å². The van der Waals surface area contributed by atoms with E-state index in [1.54, 1.807) is 0 Å². The van der Waals surface area contributed by atoms with Gasteiger partial charge in [-0.2, -0.15) is 0 Å². The molecule has 8 aromatic rings. The van der Waals surface area contributed by atoms with E-state index in [-0.39, 0.29) is 5.41 Å². The lowest BCUT2D eigenvalue weighted by atomic mass is 9.58. The molecule has 3 atom stereocenters. The molecule has 2 heterocycles. The summed E-state index contributed by atoms with van der Waals surface area (Å²) in [6.07, 6.45) is 30.2. The number of benzene rings is 6. The van der Waals surface area contributed by atoms with Gasteiger partial charge in [-0.25, -0.2) is 0 Å². The fourth-order valence-corrected chi connectivity index (χ4v) is 12.3. The van der Waals surface area contributed by atoms with Crippen LogP contribution in [0.3, 0.4) is 0 Å². The number of aryl methyl sites for hydroxylation is 1. The molecular formula is C61H48N2. The number of aromatic nitrogens is 2. The second-order valence-electron chi connectivity index (χ2n) is 18.1. The molecule has 0 bridgehead atoms. The van der Waals surface area contributed by atoms with Crippen molar-refractivity contribution in [1.82, 2.24) is 9.13 Å². The number of rotatable bonds is 6. The second-order valence-corrected chi connectivity index (χ2v) is 18.1. The van der Waals surface area contributed by atoms with Crippen molar-refractivity contribution in [1.29, 1.82) is 0 Å². The maximum absolute atomic E-state index is 2.55. The van der Waals surface area contributed by atoms with E-state index in [1.165, 1.54) is 100 Å². The first-order valence-electron chi connectivity index (χ1n) is 23.0. The average molecular weight is 809 g/mol. The Bertz CT molecular complexity index is 3320. The first kappa shape index (κ1) is 36.5. The van der Waals surface area contributed by atoms with Crippen LogP contribution in [0.5, 0.6) is 0 Å². The zero-order chi connectivity index (χ0) is 41.5. The molecule has 6 aromatic carbocycles. The third-order valence-corrected chi connectivity index (χ3v) is 15.1. The topological polar surface area (TPSA) is 9.86 Å². The third kappa shape index (κ3) is 5.50. The molecule has 0 aliphatic heterocycles. The summed E-state index contributed by atoms with van der Waals surface area (Å²) in [5.41, 5.74) is 21.3. The van der Waals surface area contributed by atoms with Crippen LogP contribution in [0.15, 0.2) is 194 Å². The quantitative estimate of drug-likeness (QED) is 0.158. The zero-order valence-corrected chi connectivity index (χ0v) is 35.4. The molecule has 0 radical (unpaired) electrons. The second kappa shape index (κ2) is 14.5. The predicted molar refractivity (Wildman–Crippen MR) is 264 cm³/mol. The normalized spacial score (nSPS) is 20.6. The van der Waals surface area contributed by atoms with Gasteiger partial charge in [0.15, 0.2) is 0 Å². The Kier molecular flexibility index (Phi) is 8.38. The molecule has 2 heteroatoms. The molecule has 0 saturated heterocycles. The molecule has 302 valence electrons. The first-order valence-corrected chi connectivity index (χ1v) is 23.0. The minimum atomic E-state index is -0.191. The standard InChI is InChI=1S/C61H48N2/c1-7-19-55-49(13-1)50-14-2-8-20-56(50)61(55,45-33-25-41(26-34-45)43-29-37-47(38-30-43)62-57-21-9-3-15-51(57)52-16-4-10-22-58(52)62)46-35-27-42(28-36-46)44-31-39-48(40-32-44)63-59-23-11-5-17-53(59)54-18-6-12-24-60(54)63/h1-5,7-9,11-17,19,21,23-33,35-40,45,56H,6,10,18,20,22,34H2. The van der Waals surface area contributed by atoms with Crippen LogP contribution in [-0.2, 0) is 18.3 Å². The van der Waals surface area contributed by atoms with E-state index in [0.29, 0.717) is 11.8 Å². The summed E-state index contributed by atoms with van der Waals surface area (Å²) < 4.78 is 4.93. The molecule has 13 rings (SSSR count). The van der Waals surface area contributed by atoms with Crippen molar-refractivity contribution in [2.75, 3.05) is 0 Å². The van der Waals surface area contributed by atoms with Crippen molar-refractivity contribution in [3.8, 4) is 22.5 Å². The van der Waals surface area contributed by atoms with Gasteiger partial charge in [0.25, 0.3) is 0 Å². The Balaban J connectivity index is 0.837. The van der Waals surface area contributed by atoms with Crippen LogP contribution in [0.4, 0.5) is 0 Å². The smallest absolute Gasteiger partial charge is 0.0537 e. The van der Waals surface area contributed by atoms with Crippen LogP contribution in [0.25, 0.3) is 67.6 Å². The molecule has 63 heavy (non-hydrogen) atoms. The number of nitrogens with zero attached hydrogens (tertiary/aromatic N) is 2. The average Bonchev–Trinajstić information content (AvgIpc) is 3.99. The van der Waals surface area contributed by atoms with Crippen molar-refractivity contribution in [3.63, 3.8) is 0 Å². The van der Waals surface area contributed by atoms with Gasteiger partial charge in [-0.15, -0.1) is 0 Å². The molecule has 3 unspecified atom stereocenters. The predicted octanol–water partition coefficient (Wildman–Crippen LogP) is 15.1. The van der Waals surface area contributed by atoms with Crippen LogP contribution in [0, 0.1) is 11.8 Å². The number of hydrogen-bond acceptors (Lipinski definition) is 0. The van der Waals surface area contributed by atoms with E-state index in [0.717, 1.165) is 38.5 Å². The molecule has 5 aliphatic rings. The van der Waals surface area contributed by atoms with Gasteiger partial charge in [0.1, 0.15) is 0 Å². The molecule has 5 aliphatic carbocycles. The lowest BCUT2D eigenvalue weighted by Crippen LogP contribution is -2.40. The maximum Gasteiger partial charge on any atom is 0.0537 e. The summed E-state index contributed by atoms with van der Waals surface area (Å²) in [7, 11) is 0. The number of hydrogen-bond donors (Lipinski definition) is 0. The summed E-state index contributed by atoms with van der Waals surface area (Å²) in [4.78, 5) is 0. The molecule has 0 saturated carbocycles. The lowest BCUT2D eigenvalue weighted by molar-refractivity contribution is 0.312. The minimum absolute atomic E-state index is 0.191. The number of allylic oxidation sites excluding steroid dienone is 10. The highest BCUT2D eigenvalue weighted by molar-refractivity contribution is 5.94. The summed E-state index contributed by atoms with van der Waals surface area (Å²) in [5.74, 6) is 0.666. The van der Waals surface area contributed by atoms with E-state index in [4.69, 9.17) is 0 Å². The summed E-state index contributed by atoms with van der Waals surface area (Å²) >= 11 is 0. The fraction of sp³-hybridized carbons (Fsp3) is 0.148. The molecule has 2 aromatic heterocycles. The van der Waals surface area contributed by atoms with Crippen molar-refractivity contribution in [3.05, 3.63) is 239 Å². The fourth-order valence-electron chi connectivity index (χ4n) is 12.3. The van der Waals surface area contributed by atoms with Crippen LogP contribution in [-0.4, -0.2) is 9.13 Å². The van der Waals surface area contributed by atoms with Gasteiger partial charge in [-0.1, -0.05) is 164 Å². The third-order valence-electron chi connectivity index (χ3n) is 15.1. The van der Waals surface area contributed by atoms with Crippen LogP contribution in [0.1, 0.15) is 70.5 Å². The number of para-hydroxylation sites is 2. The SMILES string of the molecule is C1=CCC2C(=C1)c1ccccc1C2(c1ccc(-c2ccc(-n3c4c(c5ccccc53)CCC=C4)cc2)cc1)C1C=CC(c2ccc(-n3c4c(c5ccccc53)C=CCC4)cc2)=CC1. The van der Waals surface area contributed by atoms with Crippen LogP contribution < -0.4 is 0 Å². The Labute approximate surface area is 369 Å². The Morgan fingerprint density at radius 1 is 0.540 bits per heavy atom. The van der Waals surface area contributed by atoms with E-state index >= 15 is 0 Å². The molecule has 0 fully saturated rings. The van der Waals surface area contributed by atoms with Crippen LogP contribution >= 0.6 is 0 Å². The molecular weight excluding hydrogens is 761 g/mol. The molecule has 0 N–H and O–H groups in total. The Morgan fingerprint density at radius 2 is 1.21 bits per heavy atom. The maximum atomic E-state index is 2.55. The molecule has 0 amide bonds. The van der Waals surface area contributed by atoms with Crippen molar-refractivity contribution in [2.45, 2.75) is 43.9 Å². The van der Waals surface area contributed by atoms with Gasteiger partial charge >= 0.3 is 0 Å². The van der Waals surface area contributed by atoms with Gasteiger partial charge in [0, 0.05) is 50.4 Å². The van der Waals surface area contributed by atoms with Crippen molar-refractivity contribution < 1.29 is 0 Å². The Morgan fingerprint density at radius 3 is 2.00 bits per heavy atom. The van der Waals surface area contributed by atoms with Gasteiger partial charge in [-0.05, 0) is 137 Å². The first-order chi connectivity index (χ1) is 31.3. The van der Waals surface area contributed by atoms with E-state index in [2.05, 4.69) is 215 Å². The van der Waals surface area contributed by atoms with E-state index in [1.807, 2.05) is 0 Å². The van der Waals surface area contributed by atoms with Crippen LogP contribution in [0.2, 0.25) is 0 Å². The number of fused-ring (bicyclic) bond motifs is 9. The molecule has 2 nitrogen and oxygen atoms in total. The van der Waals surface area contributed by atoms with Gasteiger partial charge in [-0.3, -0.25) is 0 Å². The van der Waals surface area contributed by atoms with Gasteiger partial charge in [0.2, 0.25) is 0 Å². The summed E-state index contributed by atoms with van der Waals surface area (Å²) in [6, 6.07) is 55.2. The van der Waals surface area contributed by atoms with Gasteiger partial charge in [0.05, 0.1) is 11.0 Å². The van der Waals surface area contributed by atoms with E-state index < -0.39 is 0 Å². The highest BCUT2D eigenvalue weighted by Crippen LogP contribution is 2.61. The Hall–Kier alpha value is -7.16. The highest BCUT2D eigenvalue weighted by atomic mass is 15.0. The lowest BCUT2D eigenvalue weighted by Gasteiger charge is -2.44. The summed E-state index contributed by atoms with van der Waals surface area (Å²) in [5, 5.41) is 2.71. The van der Waals surface area contributed by atoms with Crippen molar-refractivity contribution in [2.24, 2.45) is 11.8 Å². The summed E-state index contributed by atoms with van der Waals surface area (Å²) in [6.45, 7) is 0. The molecule has 0 spiro atoms. The minimum Gasteiger partial charge on any atom is -0.313 e. The van der Waals surface area contributed by atoms with Gasteiger partial charge < -0.3 is 9.13 Å². The largest absolute Gasteiger partial charge is 0.313 e. The zero-order valence-electron chi connectivity index (χ0n) is 35.4. The van der Waals surface area contributed by atoms with E-state index in [9.17, 15) is 0 Å². The monoisotopic (exact) mass is 808 g/mol. The highest BCUT2D eigenvalue weighted by Gasteiger charge is 2.54.